The topological polar surface area (TPSA) is 42.4 Å². The van der Waals surface area contributed by atoms with Gasteiger partial charge in [-0.1, -0.05) is 24.0 Å². The summed E-state index contributed by atoms with van der Waals surface area (Å²) in [7, 11) is 0. The van der Waals surface area contributed by atoms with Crippen LogP contribution in [0.15, 0.2) is 42.6 Å². The molecule has 0 amide bonds. The molecule has 0 aliphatic heterocycles. The third-order valence-electron chi connectivity index (χ3n) is 2.78. The second kappa shape index (κ2) is 7.32. The van der Waals surface area contributed by atoms with Crippen LogP contribution in [0.5, 0.6) is 5.75 Å². The van der Waals surface area contributed by atoms with E-state index in [1.807, 2.05) is 43.3 Å². The molecule has 0 saturated carbocycles. The fourth-order valence-corrected chi connectivity index (χ4v) is 1.81. The maximum absolute atomic E-state index is 8.79. The van der Waals surface area contributed by atoms with Crippen molar-refractivity contribution < 1.29 is 9.84 Å². The van der Waals surface area contributed by atoms with Crippen LogP contribution in [0, 0.1) is 18.8 Å². The third-order valence-corrected chi connectivity index (χ3v) is 2.78. The molecule has 3 heteroatoms. The summed E-state index contributed by atoms with van der Waals surface area (Å²) < 4.78 is 5.77. The van der Waals surface area contributed by atoms with Gasteiger partial charge in [0.25, 0.3) is 0 Å². The highest BCUT2D eigenvalue weighted by atomic mass is 16.5. The van der Waals surface area contributed by atoms with E-state index in [2.05, 4.69) is 16.8 Å². The highest BCUT2D eigenvalue weighted by Crippen LogP contribution is 2.19. The Bertz CT molecular complexity index is 612. The van der Waals surface area contributed by atoms with Crippen LogP contribution < -0.4 is 4.74 Å². The minimum Gasteiger partial charge on any atom is -0.492 e. The van der Waals surface area contributed by atoms with Gasteiger partial charge in [0, 0.05) is 18.3 Å². The summed E-state index contributed by atoms with van der Waals surface area (Å²) in [6.45, 7) is 2.40. The monoisotopic (exact) mass is 267 g/mol. The second-order valence-corrected chi connectivity index (χ2v) is 4.38. The first-order chi connectivity index (χ1) is 9.79. The average molecular weight is 267 g/mol. The number of aromatic nitrogens is 1. The molecule has 2 aromatic rings. The summed E-state index contributed by atoms with van der Waals surface area (Å²) in [6.07, 6.45) is 2.53. The predicted octanol–water partition coefficient (Wildman–Crippen LogP) is 2.36. The van der Waals surface area contributed by atoms with Gasteiger partial charge in [-0.05, 0) is 36.8 Å². The first-order valence-electron chi connectivity index (χ1n) is 6.52. The highest BCUT2D eigenvalue weighted by Gasteiger charge is 2.02. The molecule has 1 heterocycles. The molecule has 20 heavy (non-hydrogen) atoms. The normalized spacial score (nSPS) is 9.70. The quantitative estimate of drug-likeness (QED) is 0.865. The molecule has 0 radical (unpaired) electrons. The van der Waals surface area contributed by atoms with Gasteiger partial charge in [-0.3, -0.25) is 4.98 Å². The smallest absolute Gasteiger partial charge is 0.134 e. The van der Waals surface area contributed by atoms with Crippen molar-refractivity contribution in [3.8, 4) is 17.6 Å². The average Bonchev–Trinajstić information content (AvgIpc) is 2.48. The molecule has 0 aliphatic rings. The number of ether oxygens (including phenoxy) is 1. The van der Waals surface area contributed by atoms with E-state index >= 15 is 0 Å². The Morgan fingerprint density at radius 2 is 2.15 bits per heavy atom. The van der Waals surface area contributed by atoms with Crippen LogP contribution in [-0.2, 0) is 6.42 Å². The molecule has 0 aliphatic carbocycles. The zero-order valence-electron chi connectivity index (χ0n) is 11.5. The lowest BCUT2D eigenvalue weighted by molar-refractivity contribution is 0.319. The number of benzene rings is 1. The van der Waals surface area contributed by atoms with Gasteiger partial charge in [0.2, 0.25) is 0 Å². The van der Waals surface area contributed by atoms with Crippen molar-refractivity contribution in [1.82, 2.24) is 4.98 Å². The van der Waals surface area contributed by atoms with Crippen molar-refractivity contribution >= 4 is 0 Å². The maximum Gasteiger partial charge on any atom is 0.134 e. The fraction of sp³-hybridized carbons (Fsp3) is 0.235. The lowest BCUT2D eigenvalue weighted by atomic mass is 10.1. The van der Waals surface area contributed by atoms with Gasteiger partial charge >= 0.3 is 0 Å². The van der Waals surface area contributed by atoms with Crippen molar-refractivity contribution in [2.24, 2.45) is 0 Å². The van der Waals surface area contributed by atoms with Crippen molar-refractivity contribution in [2.75, 3.05) is 13.2 Å². The van der Waals surface area contributed by atoms with Crippen molar-refractivity contribution in [1.29, 1.82) is 0 Å². The van der Waals surface area contributed by atoms with Crippen molar-refractivity contribution in [3.63, 3.8) is 0 Å². The molecular weight excluding hydrogens is 250 g/mol. The Morgan fingerprint density at radius 3 is 2.90 bits per heavy atom. The highest BCUT2D eigenvalue weighted by molar-refractivity contribution is 5.48. The van der Waals surface area contributed by atoms with E-state index < -0.39 is 0 Å². The fourth-order valence-electron chi connectivity index (χ4n) is 1.81. The van der Waals surface area contributed by atoms with Gasteiger partial charge in [0.15, 0.2) is 0 Å². The predicted molar refractivity (Wildman–Crippen MR) is 78.6 cm³/mol. The molecule has 1 N–H and O–H groups in total. The van der Waals surface area contributed by atoms with Gasteiger partial charge in [-0.2, -0.15) is 0 Å². The van der Waals surface area contributed by atoms with Crippen molar-refractivity contribution in [3.05, 3.63) is 59.4 Å². The minimum atomic E-state index is -0.151. The number of aryl methyl sites for hydroxylation is 1. The minimum absolute atomic E-state index is 0.151. The number of aliphatic hydroxyl groups is 1. The van der Waals surface area contributed by atoms with Gasteiger partial charge in [-0.15, -0.1) is 0 Å². The Hall–Kier alpha value is -2.31. The molecule has 0 atom stereocenters. The van der Waals surface area contributed by atoms with E-state index in [1.165, 1.54) is 0 Å². The second-order valence-electron chi connectivity index (χ2n) is 4.38. The van der Waals surface area contributed by atoms with Gasteiger partial charge in [0.1, 0.15) is 12.4 Å². The molecular formula is C17H17NO2. The molecule has 1 aromatic heterocycles. The van der Waals surface area contributed by atoms with E-state index in [-0.39, 0.29) is 6.61 Å². The maximum atomic E-state index is 8.79. The summed E-state index contributed by atoms with van der Waals surface area (Å²) in [4.78, 5) is 4.26. The van der Waals surface area contributed by atoms with Crippen LogP contribution in [0.1, 0.15) is 16.8 Å². The Kier molecular flexibility index (Phi) is 5.16. The van der Waals surface area contributed by atoms with E-state index in [1.54, 1.807) is 6.20 Å². The summed E-state index contributed by atoms with van der Waals surface area (Å²) in [5, 5.41) is 8.79. The van der Waals surface area contributed by atoms with Crippen LogP contribution in [0.3, 0.4) is 0 Å². The zero-order valence-corrected chi connectivity index (χ0v) is 11.5. The van der Waals surface area contributed by atoms with Crippen LogP contribution >= 0.6 is 0 Å². The third kappa shape index (κ3) is 4.11. The SMILES string of the molecule is Cc1ccc(OCCc2ccccn2)c(C#CCO)c1. The lowest BCUT2D eigenvalue weighted by Crippen LogP contribution is -2.04. The van der Waals surface area contributed by atoms with Gasteiger partial charge < -0.3 is 9.84 Å². The van der Waals surface area contributed by atoms with E-state index in [0.717, 1.165) is 29.0 Å². The molecule has 0 unspecified atom stereocenters. The Morgan fingerprint density at radius 1 is 1.25 bits per heavy atom. The summed E-state index contributed by atoms with van der Waals surface area (Å²) in [6, 6.07) is 11.7. The van der Waals surface area contributed by atoms with E-state index in [9.17, 15) is 0 Å². The largest absolute Gasteiger partial charge is 0.492 e. The molecule has 0 saturated heterocycles. The van der Waals surface area contributed by atoms with E-state index in [4.69, 9.17) is 9.84 Å². The number of rotatable bonds is 4. The molecule has 1 aromatic carbocycles. The van der Waals surface area contributed by atoms with Crippen molar-refractivity contribution in [2.45, 2.75) is 13.3 Å². The van der Waals surface area contributed by atoms with E-state index in [0.29, 0.717) is 6.61 Å². The van der Waals surface area contributed by atoms with Crippen LogP contribution in [0.25, 0.3) is 0 Å². The number of aliphatic hydroxyl groups excluding tert-OH is 1. The summed E-state index contributed by atoms with van der Waals surface area (Å²) in [5.74, 6) is 6.31. The molecule has 0 bridgehead atoms. The number of pyridine rings is 1. The lowest BCUT2D eigenvalue weighted by Gasteiger charge is -2.08. The van der Waals surface area contributed by atoms with Crippen LogP contribution in [0.2, 0.25) is 0 Å². The molecule has 3 nitrogen and oxygen atoms in total. The number of nitrogens with zero attached hydrogens (tertiary/aromatic N) is 1. The van der Waals surface area contributed by atoms with Crippen LogP contribution in [0.4, 0.5) is 0 Å². The molecule has 0 spiro atoms. The standard InChI is InChI=1S/C17H17NO2/c1-14-7-8-17(15(13-14)5-4-11-19)20-12-9-16-6-2-3-10-18-16/h2-3,6-8,10,13,19H,9,11-12H2,1H3. The number of hydrogen-bond acceptors (Lipinski definition) is 3. The van der Waals surface area contributed by atoms with Crippen LogP contribution in [-0.4, -0.2) is 23.3 Å². The first kappa shape index (κ1) is 14.1. The first-order valence-corrected chi connectivity index (χ1v) is 6.52. The summed E-state index contributed by atoms with van der Waals surface area (Å²) in [5.41, 5.74) is 2.92. The molecule has 102 valence electrons. The van der Waals surface area contributed by atoms with Gasteiger partial charge in [-0.25, -0.2) is 0 Å². The molecule has 0 fully saturated rings. The van der Waals surface area contributed by atoms with Gasteiger partial charge in [0.05, 0.1) is 12.2 Å². The zero-order chi connectivity index (χ0) is 14.2. The molecule has 2 rings (SSSR count). The number of hydrogen-bond donors (Lipinski definition) is 1. The Labute approximate surface area is 119 Å². The summed E-state index contributed by atoms with van der Waals surface area (Å²) >= 11 is 0. The Balaban J connectivity index is 2.02.